The van der Waals surface area contributed by atoms with Gasteiger partial charge in [-0.3, -0.25) is 0 Å². The minimum atomic E-state index is -1.86. The van der Waals surface area contributed by atoms with E-state index in [9.17, 15) is 24.3 Å². The summed E-state index contributed by atoms with van der Waals surface area (Å²) in [5, 5.41) is 11.1. The predicted molar refractivity (Wildman–Crippen MR) is 155 cm³/mol. The summed E-state index contributed by atoms with van der Waals surface area (Å²) in [7, 11) is 0. The molecule has 1 fully saturated rings. The molecule has 0 aliphatic carbocycles. The second kappa shape index (κ2) is 14.2. The second-order valence-electron chi connectivity index (χ2n) is 9.74. The maximum atomic E-state index is 13.3. The van der Waals surface area contributed by atoms with Gasteiger partial charge in [-0.25, -0.2) is 19.2 Å². The Hall–Kier alpha value is -5.32. The maximum absolute atomic E-state index is 13.3. The van der Waals surface area contributed by atoms with Crippen LogP contribution in [0.3, 0.4) is 0 Å². The van der Waals surface area contributed by atoms with Gasteiger partial charge >= 0.3 is 23.9 Å². The number of benzene rings is 4. The van der Waals surface area contributed by atoms with Crippen LogP contribution in [0, 0.1) is 0 Å². The molecule has 1 N–H and O–H groups in total. The molecule has 4 aromatic rings. The Balaban J connectivity index is 1.48. The maximum Gasteiger partial charge on any atom is 0.338 e. The van der Waals surface area contributed by atoms with Crippen molar-refractivity contribution in [3.05, 3.63) is 144 Å². The van der Waals surface area contributed by atoms with Crippen molar-refractivity contribution >= 4 is 23.9 Å². The van der Waals surface area contributed by atoms with Crippen LogP contribution in [-0.2, 0) is 23.7 Å². The van der Waals surface area contributed by atoms with Gasteiger partial charge in [0.25, 0.3) is 0 Å². The van der Waals surface area contributed by atoms with Crippen LogP contribution in [0.1, 0.15) is 41.4 Å². The fourth-order valence-electron chi connectivity index (χ4n) is 4.54. The molecular formula is C34H28O10. The van der Waals surface area contributed by atoms with Crippen molar-refractivity contribution in [3.8, 4) is 0 Å². The molecule has 1 aliphatic heterocycles. The van der Waals surface area contributed by atoms with Gasteiger partial charge in [-0.05, 0) is 48.5 Å². The number of rotatable bonds is 9. The summed E-state index contributed by atoms with van der Waals surface area (Å²) >= 11 is 0. The molecule has 0 spiro atoms. The molecule has 0 bridgehead atoms. The van der Waals surface area contributed by atoms with E-state index in [0.29, 0.717) is 0 Å². The van der Waals surface area contributed by atoms with Gasteiger partial charge < -0.3 is 28.8 Å². The summed E-state index contributed by atoms with van der Waals surface area (Å²) in [6, 6.07) is 32.1. The highest BCUT2D eigenvalue weighted by molar-refractivity contribution is 5.91. The first-order valence-corrected chi connectivity index (χ1v) is 13.7. The average Bonchev–Trinajstić information content (AvgIpc) is 3.07. The lowest BCUT2D eigenvalue weighted by Crippen LogP contribution is -2.62. The van der Waals surface area contributed by atoms with Gasteiger partial charge in [0.2, 0.25) is 0 Å². The Morgan fingerprint density at radius 3 is 1.25 bits per heavy atom. The zero-order chi connectivity index (χ0) is 30.9. The summed E-state index contributed by atoms with van der Waals surface area (Å²) in [5.74, 6) is -3.21. The van der Waals surface area contributed by atoms with Crippen LogP contribution in [0.4, 0.5) is 0 Å². The lowest BCUT2D eigenvalue weighted by Gasteiger charge is -2.42. The summed E-state index contributed by atoms with van der Waals surface area (Å²) in [5.41, 5.74) is 0.736. The fourth-order valence-corrected chi connectivity index (χ4v) is 4.54. The number of hydrogen-bond acceptors (Lipinski definition) is 10. The highest BCUT2D eigenvalue weighted by Gasteiger charge is 2.52. The van der Waals surface area contributed by atoms with Crippen molar-refractivity contribution in [2.75, 3.05) is 6.61 Å². The van der Waals surface area contributed by atoms with Crippen LogP contribution in [0.25, 0.3) is 0 Å². The van der Waals surface area contributed by atoms with E-state index < -0.39 is 61.2 Å². The standard InChI is InChI=1S/C34H28O10/c35-30(22-13-5-1-6-14-22)40-21-26-27(42-31(36)23-15-7-2-8-16-23)28(43-32(37)24-17-9-3-10-18-24)29(34(39)41-26)44-33(38)25-19-11-4-12-20-25/h1-20,26-29,34,39H,21H2/t26-,27+,28-,29-,34-/m0/s1. The van der Waals surface area contributed by atoms with E-state index >= 15 is 0 Å². The molecule has 0 aromatic heterocycles. The van der Waals surface area contributed by atoms with Crippen LogP contribution in [0.15, 0.2) is 121 Å². The third-order valence-electron chi connectivity index (χ3n) is 6.76. The highest BCUT2D eigenvalue weighted by atomic mass is 16.7. The van der Waals surface area contributed by atoms with Crippen molar-refractivity contribution in [3.63, 3.8) is 0 Å². The molecule has 0 amide bonds. The minimum Gasteiger partial charge on any atom is -0.459 e. The lowest BCUT2D eigenvalue weighted by molar-refractivity contribution is -0.284. The number of carbonyl (C=O) groups excluding carboxylic acids is 4. The number of esters is 4. The van der Waals surface area contributed by atoms with E-state index in [-0.39, 0.29) is 22.3 Å². The smallest absolute Gasteiger partial charge is 0.338 e. The Morgan fingerprint density at radius 1 is 0.500 bits per heavy atom. The lowest BCUT2D eigenvalue weighted by atomic mass is 9.97. The van der Waals surface area contributed by atoms with Crippen LogP contribution in [0.5, 0.6) is 0 Å². The van der Waals surface area contributed by atoms with Gasteiger partial charge in [0, 0.05) is 0 Å². The number of ether oxygens (including phenoxy) is 5. The number of hydrogen-bond donors (Lipinski definition) is 1. The summed E-state index contributed by atoms with van der Waals surface area (Å²) in [4.78, 5) is 52.3. The van der Waals surface area contributed by atoms with E-state index in [4.69, 9.17) is 23.7 Å². The molecule has 0 unspecified atom stereocenters. The molecule has 224 valence electrons. The summed E-state index contributed by atoms with van der Waals surface area (Å²) in [6.45, 7) is -0.504. The molecule has 10 heteroatoms. The van der Waals surface area contributed by atoms with Gasteiger partial charge in [0.1, 0.15) is 12.7 Å². The SMILES string of the molecule is O=C(OC[C@@H]1O[C@H](O)[C@@H](OC(=O)c2ccccc2)[C@@H](OC(=O)c2ccccc2)[C@@H]1OC(=O)c1ccccc1)c1ccccc1. The second-order valence-corrected chi connectivity index (χ2v) is 9.74. The van der Waals surface area contributed by atoms with Gasteiger partial charge in [-0.15, -0.1) is 0 Å². The highest BCUT2D eigenvalue weighted by Crippen LogP contribution is 2.30. The molecule has 0 saturated carbocycles. The monoisotopic (exact) mass is 596 g/mol. The van der Waals surface area contributed by atoms with Crippen molar-refractivity contribution in [2.24, 2.45) is 0 Å². The zero-order valence-corrected chi connectivity index (χ0v) is 23.3. The Kier molecular flexibility index (Phi) is 9.75. The van der Waals surface area contributed by atoms with Crippen LogP contribution in [-0.4, -0.2) is 66.3 Å². The van der Waals surface area contributed by atoms with Crippen LogP contribution < -0.4 is 0 Å². The third-order valence-corrected chi connectivity index (χ3v) is 6.76. The predicted octanol–water partition coefficient (Wildman–Crippen LogP) is 4.24. The van der Waals surface area contributed by atoms with Crippen molar-refractivity contribution in [1.29, 1.82) is 0 Å². The molecule has 1 aliphatic rings. The normalized spacial score (nSPS) is 21.0. The van der Waals surface area contributed by atoms with Crippen molar-refractivity contribution in [2.45, 2.75) is 30.7 Å². The first-order valence-electron chi connectivity index (χ1n) is 13.7. The topological polar surface area (TPSA) is 135 Å². The quantitative estimate of drug-likeness (QED) is 0.221. The third kappa shape index (κ3) is 7.35. The first kappa shape index (κ1) is 30.1. The minimum absolute atomic E-state index is 0.154. The molecule has 5 atom stereocenters. The molecule has 5 rings (SSSR count). The molecule has 1 saturated heterocycles. The molecular weight excluding hydrogens is 568 g/mol. The van der Waals surface area contributed by atoms with Crippen LogP contribution in [0.2, 0.25) is 0 Å². The Labute approximate surface area is 252 Å². The zero-order valence-electron chi connectivity index (χ0n) is 23.3. The number of aliphatic hydroxyl groups is 1. The Morgan fingerprint density at radius 2 is 0.841 bits per heavy atom. The average molecular weight is 597 g/mol. The molecule has 0 radical (unpaired) electrons. The first-order chi connectivity index (χ1) is 21.4. The van der Waals surface area contributed by atoms with Gasteiger partial charge in [-0.1, -0.05) is 72.8 Å². The number of carbonyl (C=O) groups is 4. The number of aliphatic hydroxyl groups excluding tert-OH is 1. The van der Waals surface area contributed by atoms with E-state index in [1.165, 1.54) is 36.4 Å². The van der Waals surface area contributed by atoms with E-state index in [1.807, 2.05) is 0 Å². The fraction of sp³-hybridized carbons (Fsp3) is 0.176. The molecule has 1 heterocycles. The molecule has 4 aromatic carbocycles. The Bertz CT molecular complexity index is 1560. The van der Waals surface area contributed by atoms with Gasteiger partial charge in [0.05, 0.1) is 22.3 Å². The van der Waals surface area contributed by atoms with Crippen molar-refractivity contribution in [1.82, 2.24) is 0 Å². The summed E-state index contributed by atoms with van der Waals surface area (Å²) in [6.07, 6.45) is -7.89. The largest absolute Gasteiger partial charge is 0.459 e. The molecule has 44 heavy (non-hydrogen) atoms. The molecule has 10 nitrogen and oxygen atoms in total. The van der Waals surface area contributed by atoms with Gasteiger partial charge in [-0.2, -0.15) is 0 Å². The summed E-state index contributed by atoms with van der Waals surface area (Å²) < 4.78 is 28.4. The van der Waals surface area contributed by atoms with E-state index in [0.717, 1.165) is 0 Å². The van der Waals surface area contributed by atoms with E-state index in [2.05, 4.69) is 0 Å². The van der Waals surface area contributed by atoms with Crippen LogP contribution >= 0.6 is 0 Å². The van der Waals surface area contributed by atoms with E-state index in [1.54, 1.807) is 84.9 Å². The van der Waals surface area contributed by atoms with Gasteiger partial charge in [0.15, 0.2) is 24.6 Å². The van der Waals surface area contributed by atoms with Crippen molar-refractivity contribution < 1.29 is 48.0 Å².